The Morgan fingerprint density at radius 3 is 2.79 bits per heavy atom. The Balaban J connectivity index is 1.42. The molecule has 1 saturated heterocycles. The zero-order chi connectivity index (χ0) is 13.1. The summed E-state index contributed by atoms with van der Waals surface area (Å²) in [5.41, 5.74) is 1.47. The van der Waals surface area contributed by atoms with Crippen LogP contribution in [0.1, 0.15) is 24.8 Å². The summed E-state index contributed by atoms with van der Waals surface area (Å²) in [7, 11) is 0. The predicted molar refractivity (Wildman–Crippen MR) is 72.7 cm³/mol. The van der Waals surface area contributed by atoms with E-state index in [0.29, 0.717) is 12.0 Å². The number of carbonyl (C=O) groups excluding carboxylic acids is 1. The molecule has 4 heteroatoms. The predicted octanol–water partition coefficient (Wildman–Crippen LogP) is 2.05. The van der Waals surface area contributed by atoms with Crippen LogP contribution in [-0.2, 0) is 11.3 Å². The number of rotatable bonds is 3. The van der Waals surface area contributed by atoms with Crippen LogP contribution in [0.25, 0.3) is 0 Å². The number of amides is 1. The van der Waals surface area contributed by atoms with Crippen molar-refractivity contribution in [1.29, 1.82) is 0 Å². The third-order valence-corrected chi connectivity index (χ3v) is 4.24. The van der Waals surface area contributed by atoms with Crippen LogP contribution in [-0.4, -0.2) is 25.2 Å². The van der Waals surface area contributed by atoms with Crippen LogP contribution in [0.15, 0.2) is 30.3 Å². The maximum Gasteiger partial charge on any atom is 0.407 e. The third kappa shape index (κ3) is 2.89. The summed E-state index contributed by atoms with van der Waals surface area (Å²) in [6.45, 7) is 2.54. The molecule has 1 heterocycles. The molecule has 1 aliphatic heterocycles. The van der Waals surface area contributed by atoms with Gasteiger partial charge in [-0.3, -0.25) is 0 Å². The minimum absolute atomic E-state index is 0.283. The molecule has 2 N–H and O–H groups in total. The average Bonchev–Trinajstić information content (AvgIpc) is 2.82. The number of carbonyl (C=O) groups is 1. The highest BCUT2D eigenvalue weighted by Crippen LogP contribution is 2.41. The van der Waals surface area contributed by atoms with Gasteiger partial charge in [0, 0.05) is 19.1 Å². The standard InChI is InChI=1S/C15H20N2O2/c18-14(19-9-12-4-2-1-3-5-12)17-13-6-7-15(8-13)10-16-11-15/h1-5,13,16H,6-11H2,(H,17,18). The zero-order valence-electron chi connectivity index (χ0n) is 11.0. The van der Waals surface area contributed by atoms with Crippen molar-refractivity contribution in [2.24, 2.45) is 5.41 Å². The molecular formula is C15H20N2O2. The number of ether oxygens (including phenoxy) is 1. The van der Waals surface area contributed by atoms with Gasteiger partial charge < -0.3 is 15.4 Å². The summed E-state index contributed by atoms with van der Waals surface area (Å²) in [4.78, 5) is 11.7. The molecule has 102 valence electrons. The van der Waals surface area contributed by atoms with E-state index in [0.717, 1.165) is 31.5 Å². The van der Waals surface area contributed by atoms with Gasteiger partial charge in [0.25, 0.3) is 0 Å². The highest BCUT2D eigenvalue weighted by molar-refractivity contribution is 5.67. The molecule has 1 aromatic carbocycles. The van der Waals surface area contributed by atoms with Crippen molar-refractivity contribution in [1.82, 2.24) is 10.6 Å². The number of benzene rings is 1. The van der Waals surface area contributed by atoms with Crippen LogP contribution in [0, 0.1) is 5.41 Å². The van der Waals surface area contributed by atoms with Crippen LogP contribution in [0.4, 0.5) is 4.79 Å². The molecule has 1 saturated carbocycles. The molecule has 2 fully saturated rings. The molecule has 1 spiro atoms. The molecule has 1 amide bonds. The van der Waals surface area contributed by atoms with Crippen LogP contribution < -0.4 is 10.6 Å². The fourth-order valence-corrected chi connectivity index (χ4v) is 3.06. The maximum absolute atomic E-state index is 11.7. The maximum atomic E-state index is 11.7. The molecule has 0 radical (unpaired) electrons. The van der Waals surface area contributed by atoms with Crippen LogP contribution in [0.2, 0.25) is 0 Å². The first-order chi connectivity index (χ1) is 9.26. The SMILES string of the molecule is O=C(NC1CCC2(CNC2)C1)OCc1ccccc1. The summed E-state index contributed by atoms with van der Waals surface area (Å²) in [6.07, 6.45) is 3.07. The highest BCUT2D eigenvalue weighted by atomic mass is 16.5. The van der Waals surface area contributed by atoms with E-state index < -0.39 is 0 Å². The van der Waals surface area contributed by atoms with E-state index in [1.54, 1.807) is 0 Å². The first-order valence-corrected chi connectivity index (χ1v) is 6.94. The van der Waals surface area contributed by atoms with Crippen molar-refractivity contribution in [3.63, 3.8) is 0 Å². The Morgan fingerprint density at radius 2 is 2.16 bits per heavy atom. The van der Waals surface area contributed by atoms with Gasteiger partial charge in [-0.2, -0.15) is 0 Å². The van der Waals surface area contributed by atoms with Crippen LogP contribution >= 0.6 is 0 Å². The molecule has 3 rings (SSSR count). The molecule has 2 aliphatic rings. The Hall–Kier alpha value is -1.55. The molecule has 1 unspecified atom stereocenters. The van der Waals surface area contributed by atoms with Crippen molar-refractivity contribution in [3.05, 3.63) is 35.9 Å². The fraction of sp³-hybridized carbons (Fsp3) is 0.533. The first kappa shape index (κ1) is 12.5. The third-order valence-electron chi connectivity index (χ3n) is 4.24. The van der Waals surface area contributed by atoms with Gasteiger partial charge in [0.15, 0.2) is 0 Å². The molecule has 1 atom stereocenters. The molecule has 1 aliphatic carbocycles. The van der Waals surface area contributed by atoms with E-state index in [1.807, 2.05) is 30.3 Å². The minimum atomic E-state index is -0.293. The first-order valence-electron chi connectivity index (χ1n) is 6.94. The molecule has 0 bridgehead atoms. The second-order valence-corrected chi connectivity index (χ2v) is 5.75. The van der Waals surface area contributed by atoms with Crippen molar-refractivity contribution in [2.75, 3.05) is 13.1 Å². The highest BCUT2D eigenvalue weighted by Gasteiger charge is 2.43. The van der Waals surface area contributed by atoms with Crippen LogP contribution in [0.5, 0.6) is 0 Å². The number of hydrogen-bond donors (Lipinski definition) is 2. The van der Waals surface area contributed by atoms with Gasteiger partial charge in [-0.25, -0.2) is 4.79 Å². The summed E-state index contributed by atoms with van der Waals surface area (Å²) >= 11 is 0. The summed E-state index contributed by atoms with van der Waals surface area (Å²) in [5, 5.41) is 6.30. The van der Waals surface area contributed by atoms with E-state index in [9.17, 15) is 4.79 Å². The van der Waals surface area contributed by atoms with Gasteiger partial charge in [-0.15, -0.1) is 0 Å². The van der Waals surface area contributed by atoms with E-state index in [4.69, 9.17) is 4.74 Å². The van der Waals surface area contributed by atoms with Gasteiger partial charge in [0.1, 0.15) is 6.61 Å². The smallest absolute Gasteiger partial charge is 0.407 e. The molecule has 1 aromatic rings. The van der Waals surface area contributed by atoms with Crippen molar-refractivity contribution >= 4 is 6.09 Å². The van der Waals surface area contributed by atoms with Gasteiger partial charge in [0.2, 0.25) is 0 Å². The molecule has 19 heavy (non-hydrogen) atoms. The van der Waals surface area contributed by atoms with Crippen molar-refractivity contribution < 1.29 is 9.53 Å². The quantitative estimate of drug-likeness (QED) is 0.874. The molecule has 4 nitrogen and oxygen atoms in total. The van der Waals surface area contributed by atoms with E-state index in [-0.39, 0.29) is 12.1 Å². The Morgan fingerprint density at radius 1 is 1.37 bits per heavy atom. The molecular weight excluding hydrogens is 240 g/mol. The summed E-state index contributed by atoms with van der Waals surface area (Å²) in [6, 6.07) is 10.0. The Kier molecular flexibility index (Phi) is 3.42. The van der Waals surface area contributed by atoms with E-state index in [2.05, 4.69) is 10.6 Å². The second-order valence-electron chi connectivity index (χ2n) is 5.75. The zero-order valence-corrected chi connectivity index (χ0v) is 11.0. The second kappa shape index (κ2) is 5.21. The van der Waals surface area contributed by atoms with Gasteiger partial charge >= 0.3 is 6.09 Å². The average molecular weight is 260 g/mol. The normalized spacial score (nSPS) is 23.9. The Labute approximate surface area is 113 Å². The van der Waals surface area contributed by atoms with E-state index in [1.165, 1.54) is 6.42 Å². The lowest BCUT2D eigenvalue weighted by Gasteiger charge is -2.39. The summed E-state index contributed by atoms with van der Waals surface area (Å²) in [5.74, 6) is 0. The monoisotopic (exact) mass is 260 g/mol. The lowest BCUT2D eigenvalue weighted by molar-refractivity contribution is 0.132. The van der Waals surface area contributed by atoms with Gasteiger partial charge in [-0.05, 0) is 30.2 Å². The fourth-order valence-electron chi connectivity index (χ4n) is 3.06. The van der Waals surface area contributed by atoms with Crippen molar-refractivity contribution in [3.8, 4) is 0 Å². The van der Waals surface area contributed by atoms with Gasteiger partial charge in [-0.1, -0.05) is 30.3 Å². The summed E-state index contributed by atoms with van der Waals surface area (Å²) < 4.78 is 5.24. The number of hydrogen-bond acceptors (Lipinski definition) is 3. The van der Waals surface area contributed by atoms with Crippen molar-refractivity contribution in [2.45, 2.75) is 31.9 Å². The minimum Gasteiger partial charge on any atom is -0.445 e. The Bertz CT molecular complexity index is 443. The number of nitrogens with one attached hydrogen (secondary N) is 2. The topological polar surface area (TPSA) is 50.4 Å². The van der Waals surface area contributed by atoms with Crippen LogP contribution in [0.3, 0.4) is 0 Å². The lowest BCUT2D eigenvalue weighted by atomic mass is 9.80. The van der Waals surface area contributed by atoms with Gasteiger partial charge in [0.05, 0.1) is 0 Å². The van der Waals surface area contributed by atoms with E-state index >= 15 is 0 Å². The lowest BCUT2D eigenvalue weighted by Crippen LogP contribution is -2.52. The number of alkyl carbamates (subject to hydrolysis) is 1. The largest absolute Gasteiger partial charge is 0.445 e. The molecule has 0 aromatic heterocycles.